The summed E-state index contributed by atoms with van der Waals surface area (Å²) in [4.78, 5) is 14.0. The summed E-state index contributed by atoms with van der Waals surface area (Å²) in [5.74, 6) is 0.579. The van der Waals surface area contributed by atoms with Crippen LogP contribution in [0.25, 0.3) is 0 Å². The lowest BCUT2D eigenvalue weighted by atomic mass is 10.1. The van der Waals surface area contributed by atoms with Crippen molar-refractivity contribution in [1.82, 2.24) is 4.90 Å². The highest BCUT2D eigenvalue weighted by Gasteiger charge is 2.45. The Labute approximate surface area is 122 Å². The van der Waals surface area contributed by atoms with Gasteiger partial charge in [-0.2, -0.15) is 5.26 Å². The first-order valence-corrected chi connectivity index (χ1v) is 7.23. The minimum Gasteiger partial charge on any atom is -0.342 e. The van der Waals surface area contributed by atoms with Crippen LogP contribution in [0, 0.1) is 17.2 Å². The van der Waals surface area contributed by atoms with E-state index in [4.69, 9.17) is 5.26 Å². The minimum atomic E-state index is -0.0127. The van der Waals surface area contributed by atoms with Crippen molar-refractivity contribution in [2.75, 3.05) is 7.05 Å². The Morgan fingerprint density at radius 3 is 3.00 bits per heavy atom. The predicted molar refractivity (Wildman–Crippen MR) is 77.5 cm³/mol. The van der Waals surface area contributed by atoms with Crippen LogP contribution in [0.2, 0.25) is 0 Å². The van der Waals surface area contributed by atoms with Gasteiger partial charge in [-0.15, -0.1) is 0 Å². The van der Waals surface area contributed by atoms with Gasteiger partial charge >= 0.3 is 0 Å². The molecule has 0 unspecified atom stereocenters. The molecule has 1 fully saturated rings. The summed E-state index contributed by atoms with van der Waals surface area (Å²) in [5.41, 5.74) is 1.22. The lowest BCUT2D eigenvalue weighted by Crippen LogP contribution is -2.36. The fraction of sp³-hybridized carbons (Fsp3) is 0.467. The number of halogens is 1. The number of nitriles is 1. The second-order valence-corrected chi connectivity index (χ2v) is 6.08. The molecular weight excluding hydrogens is 304 g/mol. The number of hydrogen-bond donors (Lipinski definition) is 0. The van der Waals surface area contributed by atoms with E-state index >= 15 is 0 Å². The summed E-state index contributed by atoms with van der Waals surface area (Å²) >= 11 is 3.46. The van der Waals surface area contributed by atoms with E-state index in [-0.39, 0.29) is 17.9 Å². The monoisotopic (exact) mass is 320 g/mol. The molecule has 3 nitrogen and oxygen atoms in total. The van der Waals surface area contributed by atoms with Gasteiger partial charge in [0.15, 0.2) is 0 Å². The molecule has 0 bridgehead atoms. The third-order valence-corrected chi connectivity index (χ3v) is 4.27. The van der Waals surface area contributed by atoms with Crippen LogP contribution in [0.1, 0.15) is 31.2 Å². The number of nitrogens with zero attached hydrogens (tertiary/aromatic N) is 2. The molecule has 1 amide bonds. The first-order valence-electron chi connectivity index (χ1n) is 6.43. The largest absolute Gasteiger partial charge is 0.342 e. The Bertz CT molecular complexity index is 523. The maximum atomic E-state index is 12.3. The molecule has 3 atom stereocenters. The van der Waals surface area contributed by atoms with E-state index in [2.05, 4.69) is 34.1 Å². The average molecular weight is 321 g/mol. The normalized spacial score (nSPS) is 22.4. The molecule has 100 valence electrons. The number of rotatable bonds is 4. The van der Waals surface area contributed by atoms with E-state index in [0.29, 0.717) is 12.3 Å². The summed E-state index contributed by atoms with van der Waals surface area (Å²) in [7, 11) is 1.79. The van der Waals surface area contributed by atoms with Crippen LogP contribution in [0.4, 0.5) is 0 Å². The molecule has 2 rings (SSSR count). The zero-order valence-electron chi connectivity index (χ0n) is 11.1. The molecule has 0 saturated heterocycles. The van der Waals surface area contributed by atoms with Crippen molar-refractivity contribution in [3.8, 4) is 6.07 Å². The second-order valence-electron chi connectivity index (χ2n) is 5.16. The van der Waals surface area contributed by atoms with E-state index in [9.17, 15) is 4.79 Å². The summed E-state index contributed by atoms with van der Waals surface area (Å²) < 4.78 is 1.05. The summed E-state index contributed by atoms with van der Waals surface area (Å²) in [5, 5.41) is 8.69. The van der Waals surface area contributed by atoms with Gasteiger partial charge in [0.25, 0.3) is 0 Å². The second kappa shape index (κ2) is 5.75. The fourth-order valence-corrected chi connectivity index (χ4v) is 2.74. The van der Waals surface area contributed by atoms with Gasteiger partial charge in [-0.05, 0) is 37.0 Å². The van der Waals surface area contributed by atoms with Crippen molar-refractivity contribution >= 4 is 21.8 Å². The van der Waals surface area contributed by atoms with Gasteiger partial charge in [0.05, 0.1) is 12.5 Å². The molecule has 1 aromatic rings. The van der Waals surface area contributed by atoms with Crippen LogP contribution < -0.4 is 0 Å². The Hall–Kier alpha value is -1.34. The quantitative estimate of drug-likeness (QED) is 0.854. The molecule has 19 heavy (non-hydrogen) atoms. The lowest BCUT2D eigenvalue weighted by molar-refractivity contribution is -0.133. The molecule has 1 saturated carbocycles. The maximum absolute atomic E-state index is 12.3. The standard InChI is InChI=1S/C15H17BrN2O/c1-10(6-7-17)18(2)15(19)14-9-13(14)11-4-3-5-12(16)8-11/h3-5,8,10,13-14H,6,9H2,1-2H3/t10-,13-,14+/m1/s1. The summed E-state index contributed by atoms with van der Waals surface area (Å²) in [6, 6.07) is 10.2. The van der Waals surface area contributed by atoms with Crippen molar-refractivity contribution in [3.05, 3.63) is 34.3 Å². The van der Waals surface area contributed by atoms with Crippen molar-refractivity contribution in [2.45, 2.75) is 31.7 Å². The predicted octanol–water partition coefficient (Wildman–Crippen LogP) is 3.31. The van der Waals surface area contributed by atoms with Crippen molar-refractivity contribution in [1.29, 1.82) is 5.26 Å². The third kappa shape index (κ3) is 3.16. The zero-order chi connectivity index (χ0) is 14.0. The Morgan fingerprint density at radius 1 is 1.63 bits per heavy atom. The number of amides is 1. The smallest absolute Gasteiger partial charge is 0.226 e. The van der Waals surface area contributed by atoms with E-state index < -0.39 is 0 Å². The molecule has 4 heteroatoms. The highest BCUT2D eigenvalue weighted by molar-refractivity contribution is 9.10. The van der Waals surface area contributed by atoms with Gasteiger partial charge in [0.2, 0.25) is 5.91 Å². The SMILES string of the molecule is C[C@H](CC#N)N(C)C(=O)[C@H]1C[C@@H]1c1cccc(Br)c1. The van der Waals surface area contributed by atoms with E-state index in [0.717, 1.165) is 10.9 Å². The average Bonchev–Trinajstić information content (AvgIpc) is 3.17. The van der Waals surface area contributed by atoms with E-state index in [1.807, 2.05) is 19.1 Å². The highest BCUT2D eigenvalue weighted by atomic mass is 79.9. The van der Waals surface area contributed by atoms with Crippen LogP contribution in [0.3, 0.4) is 0 Å². The van der Waals surface area contributed by atoms with E-state index in [1.165, 1.54) is 5.56 Å². The molecule has 0 aromatic heterocycles. The molecular formula is C15H17BrN2O. The molecule has 0 radical (unpaired) electrons. The first-order chi connectivity index (χ1) is 9.04. The van der Waals surface area contributed by atoms with E-state index in [1.54, 1.807) is 11.9 Å². The molecule has 0 N–H and O–H groups in total. The highest BCUT2D eigenvalue weighted by Crippen LogP contribution is 2.48. The van der Waals surface area contributed by atoms with Crippen LogP contribution in [-0.2, 0) is 4.79 Å². The summed E-state index contributed by atoms with van der Waals surface area (Å²) in [6.07, 6.45) is 1.30. The van der Waals surface area contributed by atoms with Crippen LogP contribution in [-0.4, -0.2) is 23.9 Å². The zero-order valence-corrected chi connectivity index (χ0v) is 12.7. The minimum absolute atomic E-state index is 0.0127. The molecule has 1 aromatic carbocycles. The van der Waals surface area contributed by atoms with Crippen molar-refractivity contribution in [3.63, 3.8) is 0 Å². The van der Waals surface area contributed by atoms with Gasteiger partial charge in [-0.25, -0.2) is 0 Å². The molecule has 0 aliphatic heterocycles. The van der Waals surface area contributed by atoms with Crippen LogP contribution >= 0.6 is 15.9 Å². The molecule has 0 heterocycles. The van der Waals surface area contributed by atoms with Gasteiger partial charge in [0, 0.05) is 23.5 Å². The Morgan fingerprint density at radius 2 is 2.37 bits per heavy atom. The van der Waals surface area contributed by atoms with Gasteiger partial charge in [-0.1, -0.05) is 28.1 Å². The van der Waals surface area contributed by atoms with Crippen LogP contribution in [0.5, 0.6) is 0 Å². The molecule has 0 spiro atoms. The Kier molecular flexibility index (Phi) is 4.26. The van der Waals surface area contributed by atoms with Gasteiger partial charge in [-0.3, -0.25) is 4.79 Å². The van der Waals surface area contributed by atoms with Crippen molar-refractivity contribution < 1.29 is 4.79 Å². The maximum Gasteiger partial charge on any atom is 0.226 e. The number of hydrogen-bond acceptors (Lipinski definition) is 2. The van der Waals surface area contributed by atoms with Gasteiger partial charge < -0.3 is 4.90 Å². The number of carbonyl (C=O) groups is 1. The van der Waals surface area contributed by atoms with Crippen LogP contribution in [0.15, 0.2) is 28.7 Å². The van der Waals surface area contributed by atoms with Crippen molar-refractivity contribution in [2.24, 2.45) is 5.92 Å². The number of carbonyl (C=O) groups excluding carboxylic acids is 1. The van der Waals surface area contributed by atoms with Gasteiger partial charge in [0.1, 0.15) is 0 Å². The molecule has 1 aliphatic carbocycles. The Balaban J connectivity index is 1.99. The topological polar surface area (TPSA) is 44.1 Å². The third-order valence-electron chi connectivity index (χ3n) is 3.78. The molecule has 1 aliphatic rings. The number of benzene rings is 1. The lowest BCUT2D eigenvalue weighted by Gasteiger charge is -2.23. The summed E-state index contributed by atoms with van der Waals surface area (Å²) in [6.45, 7) is 1.91. The fourth-order valence-electron chi connectivity index (χ4n) is 2.32. The first kappa shape index (κ1) is 14.1.